The Bertz CT molecular complexity index is 244. The zero-order chi connectivity index (χ0) is 7.56. The Balaban J connectivity index is 2.74. The molecule has 0 radical (unpaired) electrons. The topological polar surface area (TPSA) is 34.9 Å². The Labute approximate surface area is 63.6 Å². The Hall–Kier alpha value is -0.830. The Morgan fingerprint density at radius 3 is 3.00 bits per heavy atom. The number of aromatic nitrogens is 2. The van der Waals surface area contributed by atoms with Gasteiger partial charge in [-0.15, -0.1) is 0 Å². The maximum atomic E-state index is 10.4. The minimum Gasteiger partial charge on any atom is -0.326 e. The SMILES string of the molecule is Cc1nccn1CC(=O)Cl. The van der Waals surface area contributed by atoms with Gasteiger partial charge in [0.15, 0.2) is 0 Å². The summed E-state index contributed by atoms with van der Waals surface area (Å²) in [5.74, 6) is 0.800. The van der Waals surface area contributed by atoms with Gasteiger partial charge in [-0.25, -0.2) is 4.98 Å². The van der Waals surface area contributed by atoms with Crippen molar-refractivity contribution in [3.05, 3.63) is 18.2 Å². The lowest BCUT2D eigenvalue weighted by Crippen LogP contribution is -2.04. The second-order valence-corrected chi connectivity index (χ2v) is 2.38. The number of nitrogens with zero attached hydrogens (tertiary/aromatic N) is 2. The average molecular weight is 159 g/mol. The number of carbonyl (C=O) groups excluding carboxylic acids is 1. The van der Waals surface area contributed by atoms with Crippen molar-refractivity contribution in [2.75, 3.05) is 0 Å². The van der Waals surface area contributed by atoms with Crippen LogP contribution in [0.25, 0.3) is 0 Å². The van der Waals surface area contributed by atoms with Crippen LogP contribution < -0.4 is 0 Å². The van der Waals surface area contributed by atoms with Gasteiger partial charge in [-0.2, -0.15) is 0 Å². The van der Waals surface area contributed by atoms with Crippen molar-refractivity contribution in [1.82, 2.24) is 9.55 Å². The predicted octanol–water partition coefficient (Wildman–Crippen LogP) is 0.957. The van der Waals surface area contributed by atoms with Crippen LogP contribution >= 0.6 is 11.6 Å². The molecule has 1 heterocycles. The standard InChI is InChI=1S/C6H7ClN2O/c1-5-8-2-3-9(5)4-6(7)10/h2-3H,4H2,1H3. The first-order chi connectivity index (χ1) is 4.70. The van der Waals surface area contributed by atoms with Crippen molar-refractivity contribution in [3.8, 4) is 0 Å². The molecular formula is C6H7ClN2O. The third-order valence-corrected chi connectivity index (χ3v) is 1.34. The molecule has 0 N–H and O–H groups in total. The van der Waals surface area contributed by atoms with E-state index in [1.807, 2.05) is 6.92 Å². The highest BCUT2D eigenvalue weighted by molar-refractivity contribution is 6.63. The molecule has 0 unspecified atom stereocenters. The molecular weight excluding hydrogens is 152 g/mol. The van der Waals surface area contributed by atoms with Crippen molar-refractivity contribution in [2.45, 2.75) is 13.5 Å². The zero-order valence-corrected chi connectivity index (χ0v) is 6.30. The Morgan fingerprint density at radius 1 is 1.90 bits per heavy atom. The van der Waals surface area contributed by atoms with E-state index in [-0.39, 0.29) is 11.8 Å². The van der Waals surface area contributed by atoms with E-state index < -0.39 is 0 Å². The predicted molar refractivity (Wildman–Crippen MR) is 37.8 cm³/mol. The molecule has 0 spiro atoms. The zero-order valence-electron chi connectivity index (χ0n) is 5.54. The van der Waals surface area contributed by atoms with Crippen LogP contribution in [0, 0.1) is 6.92 Å². The first kappa shape index (κ1) is 7.28. The summed E-state index contributed by atoms with van der Waals surface area (Å²) >= 11 is 5.15. The summed E-state index contributed by atoms with van der Waals surface area (Å²) in [5, 5.41) is -0.374. The molecule has 0 aromatic carbocycles. The van der Waals surface area contributed by atoms with Gasteiger partial charge in [0.25, 0.3) is 0 Å². The van der Waals surface area contributed by atoms with Crippen LogP contribution in [-0.2, 0) is 11.3 Å². The van der Waals surface area contributed by atoms with Crippen LogP contribution in [-0.4, -0.2) is 14.8 Å². The molecule has 10 heavy (non-hydrogen) atoms. The lowest BCUT2D eigenvalue weighted by atomic mass is 10.6. The molecule has 1 aromatic heterocycles. The molecule has 0 atom stereocenters. The summed E-state index contributed by atoms with van der Waals surface area (Å²) < 4.78 is 1.69. The van der Waals surface area contributed by atoms with Gasteiger partial charge in [0.2, 0.25) is 5.24 Å². The number of carbonyl (C=O) groups is 1. The smallest absolute Gasteiger partial charge is 0.241 e. The van der Waals surface area contributed by atoms with Crippen LogP contribution in [0.5, 0.6) is 0 Å². The second-order valence-electron chi connectivity index (χ2n) is 1.96. The number of imidazole rings is 1. The van der Waals surface area contributed by atoms with Gasteiger partial charge < -0.3 is 4.57 Å². The van der Waals surface area contributed by atoms with E-state index in [1.54, 1.807) is 17.0 Å². The summed E-state index contributed by atoms with van der Waals surface area (Å²) in [6, 6.07) is 0. The molecule has 4 heteroatoms. The summed E-state index contributed by atoms with van der Waals surface area (Å²) in [5.41, 5.74) is 0. The van der Waals surface area contributed by atoms with E-state index in [0.29, 0.717) is 0 Å². The fourth-order valence-electron chi connectivity index (χ4n) is 0.705. The minimum atomic E-state index is -0.374. The maximum absolute atomic E-state index is 10.4. The highest BCUT2D eigenvalue weighted by Crippen LogP contribution is 1.96. The lowest BCUT2D eigenvalue weighted by molar-refractivity contribution is -0.112. The molecule has 1 rings (SSSR count). The van der Waals surface area contributed by atoms with Crippen LogP contribution in [0.4, 0.5) is 0 Å². The molecule has 0 aliphatic rings. The van der Waals surface area contributed by atoms with Crippen molar-refractivity contribution in [3.63, 3.8) is 0 Å². The number of aryl methyl sites for hydroxylation is 1. The fourth-order valence-corrected chi connectivity index (χ4v) is 0.834. The van der Waals surface area contributed by atoms with E-state index in [2.05, 4.69) is 4.98 Å². The van der Waals surface area contributed by atoms with Crippen LogP contribution in [0.1, 0.15) is 5.82 Å². The summed E-state index contributed by atoms with van der Waals surface area (Å²) in [4.78, 5) is 14.3. The van der Waals surface area contributed by atoms with Crippen molar-refractivity contribution < 1.29 is 4.79 Å². The van der Waals surface area contributed by atoms with Gasteiger partial charge in [-0.3, -0.25) is 4.79 Å². The number of halogens is 1. The van der Waals surface area contributed by atoms with E-state index in [4.69, 9.17) is 11.6 Å². The van der Waals surface area contributed by atoms with Gasteiger partial charge in [0, 0.05) is 12.4 Å². The van der Waals surface area contributed by atoms with Gasteiger partial charge in [-0.1, -0.05) is 0 Å². The molecule has 0 bridgehead atoms. The minimum absolute atomic E-state index is 0.202. The summed E-state index contributed by atoms with van der Waals surface area (Å²) in [6.07, 6.45) is 3.35. The Morgan fingerprint density at radius 2 is 2.60 bits per heavy atom. The first-order valence-electron chi connectivity index (χ1n) is 2.86. The third-order valence-electron chi connectivity index (χ3n) is 1.22. The molecule has 0 saturated heterocycles. The van der Waals surface area contributed by atoms with Gasteiger partial charge >= 0.3 is 0 Å². The second kappa shape index (κ2) is 2.84. The molecule has 1 aromatic rings. The monoisotopic (exact) mass is 158 g/mol. The van der Waals surface area contributed by atoms with Crippen LogP contribution in [0.3, 0.4) is 0 Å². The van der Waals surface area contributed by atoms with E-state index in [0.717, 1.165) is 5.82 Å². The van der Waals surface area contributed by atoms with Gasteiger partial charge in [0.1, 0.15) is 5.82 Å². The van der Waals surface area contributed by atoms with Gasteiger partial charge in [0.05, 0.1) is 6.54 Å². The third kappa shape index (κ3) is 1.57. The van der Waals surface area contributed by atoms with E-state index >= 15 is 0 Å². The lowest BCUT2D eigenvalue weighted by Gasteiger charge is -1.97. The number of rotatable bonds is 2. The molecule has 0 amide bonds. The van der Waals surface area contributed by atoms with Crippen molar-refractivity contribution in [2.24, 2.45) is 0 Å². The number of hydrogen-bond donors (Lipinski definition) is 0. The quantitative estimate of drug-likeness (QED) is 0.601. The summed E-state index contributed by atoms with van der Waals surface area (Å²) in [6.45, 7) is 2.02. The largest absolute Gasteiger partial charge is 0.326 e. The number of hydrogen-bond acceptors (Lipinski definition) is 2. The van der Waals surface area contributed by atoms with Crippen LogP contribution in [0.2, 0.25) is 0 Å². The summed E-state index contributed by atoms with van der Waals surface area (Å²) in [7, 11) is 0. The highest BCUT2D eigenvalue weighted by atomic mass is 35.5. The van der Waals surface area contributed by atoms with Crippen LogP contribution in [0.15, 0.2) is 12.4 Å². The normalized spacial score (nSPS) is 9.80. The highest BCUT2D eigenvalue weighted by Gasteiger charge is 1.99. The van der Waals surface area contributed by atoms with Crippen molar-refractivity contribution in [1.29, 1.82) is 0 Å². The van der Waals surface area contributed by atoms with Gasteiger partial charge in [-0.05, 0) is 18.5 Å². The Kier molecular flexibility index (Phi) is 2.06. The van der Waals surface area contributed by atoms with E-state index in [9.17, 15) is 4.79 Å². The maximum Gasteiger partial charge on any atom is 0.241 e. The van der Waals surface area contributed by atoms with E-state index in [1.165, 1.54) is 0 Å². The molecule has 54 valence electrons. The molecule has 0 saturated carbocycles. The average Bonchev–Trinajstić information content (AvgIpc) is 2.15. The molecule has 0 fully saturated rings. The first-order valence-corrected chi connectivity index (χ1v) is 3.24. The van der Waals surface area contributed by atoms with Crippen molar-refractivity contribution >= 4 is 16.8 Å². The fraction of sp³-hybridized carbons (Fsp3) is 0.333. The molecule has 0 aliphatic carbocycles. The molecule has 0 aliphatic heterocycles. The molecule has 3 nitrogen and oxygen atoms in total.